The third-order valence-corrected chi connectivity index (χ3v) is 14.5. The summed E-state index contributed by atoms with van der Waals surface area (Å²) in [6.45, 7) is 6.98. The van der Waals surface area contributed by atoms with Crippen molar-refractivity contribution in [3.05, 3.63) is 163 Å². The monoisotopic (exact) mass is 699 g/mol. The summed E-state index contributed by atoms with van der Waals surface area (Å²) in [5.41, 5.74) is 13.0. The maximum Gasteiger partial charge on any atom is 0.130 e. The lowest BCUT2D eigenvalue weighted by Crippen LogP contribution is -2.27. The summed E-state index contributed by atoms with van der Waals surface area (Å²) >= 11 is 0. The van der Waals surface area contributed by atoms with E-state index in [-0.39, 0.29) is 11.6 Å². The summed E-state index contributed by atoms with van der Waals surface area (Å²) in [7, 11) is -0.937. The summed E-state index contributed by atoms with van der Waals surface area (Å²) in [5, 5.41) is 11.9. The molecule has 0 amide bonds. The van der Waals surface area contributed by atoms with E-state index in [1.165, 1.54) is 103 Å². The first kappa shape index (κ1) is 29.6. The first-order valence-electron chi connectivity index (χ1n) is 18.7. The van der Waals surface area contributed by atoms with Crippen LogP contribution in [0.3, 0.4) is 0 Å². The number of hydrogen-bond acceptors (Lipinski definition) is 2. The van der Waals surface area contributed by atoms with Crippen molar-refractivity contribution in [2.45, 2.75) is 47.0 Å². The van der Waals surface area contributed by atoms with Gasteiger partial charge in [-0.25, -0.2) is 0 Å². The normalized spacial score (nSPS) is 17.4. The number of anilines is 3. The highest BCUT2D eigenvalue weighted by atomic mass is 32.2. The molecule has 9 aromatic rings. The number of rotatable bonds is 2. The molecule has 3 aliphatic rings. The smallest absolute Gasteiger partial charge is 0.130 e. The van der Waals surface area contributed by atoms with E-state index in [0.717, 1.165) is 0 Å². The Labute approximate surface area is 311 Å². The number of nitrogens with one attached hydrogen (secondary N) is 1. The Hall–Kier alpha value is -5.97. The molecule has 0 aliphatic carbocycles. The molecule has 0 radical (unpaired) electrons. The third-order valence-electron chi connectivity index (χ3n) is 11.9. The Bertz CT molecular complexity index is 3030. The second-order valence-electron chi connectivity index (χ2n) is 15.9. The van der Waals surface area contributed by atoms with Crippen LogP contribution in [0.4, 0.5) is 17.1 Å². The van der Waals surface area contributed by atoms with Crippen molar-refractivity contribution in [2.75, 3.05) is 10.2 Å². The van der Waals surface area contributed by atoms with Crippen molar-refractivity contribution in [2.24, 2.45) is 0 Å². The Kier molecular flexibility index (Phi) is 5.77. The summed E-state index contributed by atoms with van der Waals surface area (Å²) < 4.78 is 2.64. The lowest BCUT2D eigenvalue weighted by Gasteiger charge is -2.43. The van der Waals surface area contributed by atoms with E-state index in [1.807, 2.05) is 0 Å². The maximum atomic E-state index is 3.97. The highest BCUT2D eigenvalue weighted by Crippen LogP contribution is 2.71. The Morgan fingerprint density at radius 1 is 0.585 bits per heavy atom. The first-order valence-corrected chi connectivity index (χ1v) is 20.0. The Balaban J connectivity index is 1.30. The van der Waals surface area contributed by atoms with E-state index >= 15 is 0 Å². The average Bonchev–Trinajstić information content (AvgIpc) is 3.74. The van der Waals surface area contributed by atoms with Gasteiger partial charge in [0.1, 0.15) is 6.17 Å². The number of hydrogen-bond donors (Lipinski definition) is 2. The predicted octanol–water partition coefficient (Wildman–Crippen LogP) is 13.4. The molecular formula is C49H37N3S. The largest absolute Gasteiger partial charge is 0.359 e. The zero-order valence-electron chi connectivity index (χ0n) is 29.9. The molecule has 2 atom stereocenters. The molecule has 1 N–H and O–H groups in total. The minimum Gasteiger partial charge on any atom is -0.359 e. The molecule has 0 spiro atoms. The molecule has 0 saturated carbocycles. The van der Waals surface area contributed by atoms with E-state index < -0.39 is 10.9 Å². The number of thiol groups is 1. The molecule has 12 rings (SSSR count). The van der Waals surface area contributed by atoms with Gasteiger partial charge < -0.3 is 14.8 Å². The summed E-state index contributed by atoms with van der Waals surface area (Å²) in [4.78, 5) is 6.95. The van der Waals surface area contributed by atoms with Crippen LogP contribution in [0.5, 0.6) is 0 Å². The van der Waals surface area contributed by atoms with Gasteiger partial charge in [0.25, 0.3) is 0 Å². The summed E-state index contributed by atoms with van der Waals surface area (Å²) in [6.07, 6.45) is 0.00691. The minimum absolute atomic E-state index is 0.00691. The standard InChI is InChI=1S/C49H37N3S/c1-49(2,3)32-24-25-34-36-28-35-37(26-31-18-10-11-19-33(31)43(35)29-14-6-4-7-15-29)46-44(36)51(41(34)27-32)39-21-13-22-40-47(39)53(46)42-23-12-20-38-45(42)52(40)48(50-38)30-16-8-5-9-17-30/h4-28,48,50,53H,1-3H3. The van der Waals surface area contributed by atoms with E-state index in [9.17, 15) is 0 Å². The van der Waals surface area contributed by atoms with E-state index in [0.29, 0.717) is 0 Å². The predicted molar refractivity (Wildman–Crippen MR) is 225 cm³/mol. The molecule has 0 bridgehead atoms. The molecule has 2 unspecified atom stereocenters. The van der Waals surface area contributed by atoms with Crippen LogP contribution in [0.25, 0.3) is 60.2 Å². The van der Waals surface area contributed by atoms with Crippen LogP contribution in [-0.2, 0) is 5.41 Å². The van der Waals surface area contributed by atoms with Crippen molar-refractivity contribution in [1.29, 1.82) is 0 Å². The number of benzene rings is 8. The quantitative estimate of drug-likeness (QED) is 0.138. The van der Waals surface area contributed by atoms with Gasteiger partial charge >= 0.3 is 0 Å². The molecule has 1 aromatic heterocycles. The highest BCUT2D eigenvalue weighted by Gasteiger charge is 2.44. The molecule has 3 aliphatic heterocycles. The van der Waals surface area contributed by atoms with Crippen molar-refractivity contribution in [3.63, 3.8) is 0 Å². The van der Waals surface area contributed by atoms with Gasteiger partial charge in [0, 0.05) is 25.5 Å². The van der Waals surface area contributed by atoms with Crippen LogP contribution < -0.4 is 10.2 Å². The molecular weight excluding hydrogens is 663 g/mol. The van der Waals surface area contributed by atoms with Gasteiger partial charge in [-0.1, -0.05) is 130 Å². The second-order valence-corrected chi connectivity index (χ2v) is 17.9. The average molecular weight is 700 g/mol. The maximum absolute atomic E-state index is 3.97. The fraction of sp³-hybridized carbons (Fsp3) is 0.102. The highest BCUT2D eigenvalue weighted by molar-refractivity contribution is 8.18. The van der Waals surface area contributed by atoms with E-state index in [1.54, 1.807) is 0 Å². The summed E-state index contributed by atoms with van der Waals surface area (Å²) in [6, 6.07) is 57.3. The SMILES string of the molecule is CC(C)(C)c1ccc2c3cc4c(-c5ccccc5)c5ccccc5cc4c4c3n(c2c1)-c1cccc2c1[SH]4c1cccc3c1N2C(c1ccccc1)N3. The molecule has 0 fully saturated rings. The minimum atomic E-state index is -0.937. The number of aromatic nitrogens is 1. The van der Waals surface area contributed by atoms with Crippen LogP contribution in [0.1, 0.15) is 38.1 Å². The Morgan fingerprint density at radius 3 is 2.17 bits per heavy atom. The second kappa shape index (κ2) is 10.3. The molecule has 0 saturated heterocycles. The van der Waals surface area contributed by atoms with Crippen LogP contribution in [0.2, 0.25) is 0 Å². The van der Waals surface area contributed by atoms with Gasteiger partial charge in [0.2, 0.25) is 0 Å². The fourth-order valence-electron chi connectivity index (χ4n) is 9.56. The van der Waals surface area contributed by atoms with Crippen LogP contribution in [0, 0.1) is 0 Å². The van der Waals surface area contributed by atoms with Gasteiger partial charge in [0.15, 0.2) is 0 Å². The van der Waals surface area contributed by atoms with Crippen LogP contribution in [0.15, 0.2) is 166 Å². The molecule has 8 aromatic carbocycles. The summed E-state index contributed by atoms with van der Waals surface area (Å²) in [5.74, 6) is 0. The van der Waals surface area contributed by atoms with Crippen LogP contribution in [-0.4, -0.2) is 4.57 Å². The number of fused-ring (bicyclic) bond motifs is 10. The van der Waals surface area contributed by atoms with Crippen molar-refractivity contribution in [3.8, 4) is 16.8 Å². The Morgan fingerprint density at radius 2 is 1.34 bits per heavy atom. The van der Waals surface area contributed by atoms with E-state index in [4.69, 9.17) is 0 Å². The van der Waals surface area contributed by atoms with Crippen molar-refractivity contribution in [1.82, 2.24) is 4.57 Å². The molecule has 254 valence electrons. The lowest BCUT2D eigenvalue weighted by atomic mass is 9.86. The lowest BCUT2D eigenvalue weighted by molar-refractivity contribution is 0.591. The molecule has 4 heterocycles. The van der Waals surface area contributed by atoms with Crippen molar-refractivity contribution < 1.29 is 0 Å². The fourth-order valence-corrected chi connectivity index (χ4v) is 12.6. The molecule has 4 heteroatoms. The van der Waals surface area contributed by atoms with Gasteiger partial charge in [-0.3, -0.25) is 0 Å². The third kappa shape index (κ3) is 3.86. The van der Waals surface area contributed by atoms with Gasteiger partial charge in [-0.05, 0) is 91.7 Å². The zero-order chi connectivity index (χ0) is 35.2. The number of nitrogens with zero attached hydrogens (tertiary/aromatic N) is 2. The van der Waals surface area contributed by atoms with Crippen LogP contribution >= 0.6 is 10.9 Å². The molecule has 3 nitrogen and oxygen atoms in total. The zero-order valence-corrected chi connectivity index (χ0v) is 30.7. The van der Waals surface area contributed by atoms with E-state index in [2.05, 4.69) is 187 Å². The number of para-hydroxylation sites is 1. The van der Waals surface area contributed by atoms with Crippen molar-refractivity contribution >= 4 is 71.3 Å². The first-order chi connectivity index (χ1) is 26.0. The molecule has 53 heavy (non-hydrogen) atoms. The topological polar surface area (TPSA) is 20.2 Å². The van der Waals surface area contributed by atoms with Gasteiger partial charge in [-0.2, -0.15) is 10.9 Å². The van der Waals surface area contributed by atoms with Gasteiger partial charge in [-0.15, -0.1) is 0 Å². The van der Waals surface area contributed by atoms with Gasteiger partial charge in [0.05, 0.1) is 33.8 Å².